The van der Waals surface area contributed by atoms with E-state index in [-0.39, 0.29) is 0 Å². The number of fused-ring (bicyclic) bond motifs is 1. The first-order chi connectivity index (χ1) is 8.86. The van der Waals surface area contributed by atoms with Crippen molar-refractivity contribution in [2.45, 2.75) is 13.1 Å². The van der Waals surface area contributed by atoms with Crippen molar-refractivity contribution in [1.29, 1.82) is 0 Å². The van der Waals surface area contributed by atoms with E-state index in [9.17, 15) is 0 Å². The van der Waals surface area contributed by atoms with Crippen molar-refractivity contribution < 1.29 is 0 Å². The Bertz CT molecular complexity index is 656. The quantitative estimate of drug-likeness (QED) is 0.780. The molecule has 1 N–H and O–H groups in total. The highest BCUT2D eigenvalue weighted by Gasteiger charge is 2.05. The molecule has 0 aliphatic carbocycles. The normalized spacial score (nSPS) is 11.2. The van der Waals surface area contributed by atoms with Crippen molar-refractivity contribution in [2.75, 3.05) is 7.05 Å². The largest absolute Gasteiger partial charge is 0.314 e. The van der Waals surface area contributed by atoms with E-state index in [0.717, 1.165) is 29.3 Å². The third-order valence-corrected chi connectivity index (χ3v) is 3.69. The number of rotatable bonds is 4. The Balaban J connectivity index is 1.87. The average Bonchev–Trinajstić information content (AvgIpc) is 2.99. The lowest BCUT2D eigenvalue weighted by Crippen LogP contribution is -2.06. The Labute approximate surface area is 109 Å². The van der Waals surface area contributed by atoms with Gasteiger partial charge in [-0.3, -0.25) is 4.68 Å². The van der Waals surface area contributed by atoms with Gasteiger partial charge in [0.05, 0.1) is 24.0 Å². The summed E-state index contributed by atoms with van der Waals surface area (Å²) < 4.78 is 1.99. The molecule has 0 radical (unpaired) electrons. The first kappa shape index (κ1) is 11.4. The molecule has 1 aromatic carbocycles. The van der Waals surface area contributed by atoms with Crippen LogP contribution in [0, 0.1) is 0 Å². The molecule has 2 heterocycles. The fraction of sp³-hybridized carbons (Fsp3) is 0.231. The zero-order valence-electron chi connectivity index (χ0n) is 10.1. The summed E-state index contributed by atoms with van der Waals surface area (Å²) in [6, 6.07) is 8.23. The molecule has 0 saturated heterocycles. The average molecular weight is 258 g/mol. The van der Waals surface area contributed by atoms with Crippen LogP contribution >= 0.6 is 11.3 Å². The number of nitrogens with one attached hydrogen (secondary N) is 1. The first-order valence-electron chi connectivity index (χ1n) is 5.85. The predicted octanol–water partition coefficient (Wildman–Crippen LogP) is 2.26. The minimum absolute atomic E-state index is 0.730. The van der Waals surface area contributed by atoms with Crippen LogP contribution in [0.15, 0.2) is 35.8 Å². The van der Waals surface area contributed by atoms with E-state index < -0.39 is 0 Å². The molecule has 0 fully saturated rings. The molecule has 2 aromatic heterocycles. The van der Waals surface area contributed by atoms with Gasteiger partial charge in [0, 0.05) is 17.3 Å². The number of hydrogen-bond acceptors (Lipinski definition) is 4. The Hall–Kier alpha value is -1.72. The van der Waals surface area contributed by atoms with Gasteiger partial charge in [-0.1, -0.05) is 18.2 Å². The SMILES string of the molecule is CNCc1nc(Cn2ncc3ccccc32)cs1. The van der Waals surface area contributed by atoms with Crippen molar-refractivity contribution >= 4 is 22.2 Å². The zero-order chi connectivity index (χ0) is 12.4. The van der Waals surface area contributed by atoms with Crippen molar-refractivity contribution in [1.82, 2.24) is 20.1 Å². The van der Waals surface area contributed by atoms with Crippen LogP contribution in [0.2, 0.25) is 0 Å². The van der Waals surface area contributed by atoms with Crippen molar-refractivity contribution in [2.24, 2.45) is 0 Å². The molecule has 0 aliphatic heterocycles. The monoisotopic (exact) mass is 258 g/mol. The molecule has 18 heavy (non-hydrogen) atoms. The molecular formula is C13H14N4S. The van der Waals surface area contributed by atoms with E-state index in [1.54, 1.807) is 11.3 Å². The lowest BCUT2D eigenvalue weighted by Gasteiger charge is -2.00. The van der Waals surface area contributed by atoms with E-state index in [4.69, 9.17) is 0 Å². The number of aromatic nitrogens is 3. The number of benzene rings is 1. The summed E-state index contributed by atoms with van der Waals surface area (Å²) >= 11 is 1.69. The van der Waals surface area contributed by atoms with Gasteiger partial charge in [-0.15, -0.1) is 11.3 Å². The van der Waals surface area contributed by atoms with Gasteiger partial charge in [-0.05, 0) is 13.1 Å². The molecule has 0 aliphatic rings. The van der Waals surface area contributed by atoms with Gasteiger partial charge in [-0.25, -0.2) is 4.98 Å². The molecule has 0 atom stereocenters. The second kappa shape index (κ2) is 4.88. The summed E-state index contributed by atoms with van der Waals surface area (Å²) in [5, 5.41) is 11.9. The number of para-hydroxylation sites is 1. The summed E-state index contributed by atoms with van der Waals surface area (Å²) in [6.07, 6.45) is 1.90. The Kier molecular flexibility index (Phi) is 3.08. The summed E-state index contributed by atoms with van der Waals surface area (Å²) in [5.74, 6) is 0. The smallest absolute Gasteiger partial charge is 0.107 e. The van der Waals surface area contributed by atoms with Crippen LogP contribution in [-0.4, -0.2) is 21.8 Å². The maximum absolute atomic E-state index is 4.58. The maximum atomic E-state index is 4.58. The molecule has 92 valence electrons. The molecule has 0 unspecified atom stereocenters. The molecule has 0 bridgehead atoms. The van der Waals surface area contributed by atoms with E-state index in [2.05, 4.69) is 32.9 Å². The third kappa shape index (κ3) is 2.14. The van der Waals surface area contributed by atoms with Crippen LogP contribution in [-0.2, 0) is 13.1 Å². The first-order valence-corrected chi connectivity index (χ1v) is 6.73. The zero-order valence-corrected chi connectivity index (χ0v) is 10.9. The molecule has 3 rings (SSSR count). The highest BCUT2D eigenvalue weighted by atomic mass is 32.1. The van der Waals surface area contributed by atoms with Crippen molar-refractivity contribution in [3.63, 3.8) is 0 Å². The molecular weight excluding hydrogens is 244 g/mol. The topological polar surface area (TPSA) is 42.7 Å². The highest BCUT2D eigenvalue weighted by Crippen LogP contribution is 2.16. The fourth-order valence-electron chi connectivity index (χ4n) is 1.96. The van der Waals surface area contributed by atoms with Gasteiger partial charge in [0.25, 0.3) is 0 Å². The van der Waals surface area contributed by atoms with Crippen molar-refractivity contribution in [3.8, 4) is 0 Å². The van der Waals surface area contributed by atoms with Gasteiger partial charge < -0.3 is 5.32 Å². The maximum Gasteiger partial charge on any atom is 0.107 e. The minimum atomic E-state index is 0.730. The third-order valence-electron chi connectivity index (χ3n) is 2.79. The van der Waals surface area contributed by atoms with E-state index in [0.29, 0.717) is 0 Å². The Morgan fingerprint density at radius 2 is 2.22 bits per heavy atom. The standard InChI is InChI=1S/C13H14N4S/c1-14-7-13-16-11(9-18-13)8-17-12-5-3-2-4-10(12)6-15-17/h2-6,9,14H,7-8H2,1H3. The molecule has 4 nitrogen and oxygen atoms in total. The molecule has 0 saturated carbocycles. The van der Waals surface area contributed by atoms with Crippen LogP contribution in [0.4, 0.5) is 0 Å². The van der Waals surface area contributed by atoms with E-state index >= 15 is 0 Å². The van der Waals surface area contributed by atoms with Crippen LogP contribution in [0.1, 0.15) is 10.7 Å². The predicted molar refractivity (Wildman–Crippen MR) is 73.7 cm³/mol. The molecule has 5 heteroatoms. The summed E-state index contributed by atoms with van der Waals surface area (Å²) in [6.45, 7) is 1.55. The van der Waals surface area contributed by atoms with Gasteiger partial charge in [0.15, 0.2) is 0 Å². The van der Waals surface area contributed by atoms with Crippen LogP contribution < -0.4 is 5.32 Å². The number of nitrogens with zero attached hydrogens (tertiary/aromatic N) is 3. The van der Waals surface area contributed by atoms with Crippen LogP contribution in [0.5, 0.6) is 0 Å². The van der Waals surface area contributed by atoms with Crippen LogP contribution in [0.3, 0.4) is 0 Å². The summed E-state index contributed by atoms with van der Waals surface area (Å²) in [7, 11) is 1.93. The molecule has 3 aromatic rings. The highest BCUT2D eigenvalue weighted by molar-refractivity contribution is 7.09. The summed E-state index contributed by atoms with van der Waals surface area (Å²) in [4.78, 5) is 4.58. The van der Waals surface area contributed by atoms with Crippen molar-refractivity contribution in [3.05, 3.63) is 46.5 Å². The van der Waals surface area contributed by atoms with E-state index in [1.807, 2.05) is 30.1 Å². The minimum Gasteiger partial charge on any atom is -0.314 e. The second-order valence-corrected chi connectivity index (χ2v) is 5.07. The Morgan fingerprint density at radius 3 is 3.11 bits per heavy atom. The van der Waals surface area contributed by atoms with Gasteiger partial charge in [0.2, 0.25) is 0 Å². The lowest BCUT2D eigenvalue weighted by molar-refractivity contribution is 0.694. The fourth-order valence-corrected chi connectivity index (χ4v) is 2.76. The van der Waals surface area contributed by atoms with Gasteiger partial charge in [-0.2, -0.15) is 5.10 Å². The number of thiazole rings is 1. The molecule has 0 spiro atoms. The number of hydrogen-bond donors (Lipinski definition) is 1. The Morgan fingerprint density at radius 1 is 1.33 bits per heavy atom. The molecule has 0 amide bonds. The second-order valence-electron chi connectivity index (χ2n) is 4.12. The van der Waals surface area contributed by atoms with E-state index in [1.165, 1.54) is 5.39 Å². The van der Waals surface area contributed by atoms with Gasteiger partial charge in [0.1, 0.15) is 5.01 Å². The van der Waals surface area contributed by atoms with Crippen LogP contribution in [0.25, 0.3) is 10.9 Å². The lowest BCUT2D eigenvalue weighted by atomic mass is 10.2. The van der Waals surface area contributed by atoms with Gasteiger partial charge >= 0.3 is 0 Å². The summed E-state index contributed by atoms with van der Waals surface area (Å²) in [5.41, 5.74) is 2.22.